The Hall–Kier alpha value is -18.2. The predicted octanol–water partition coefficient (Wildman–Crippen LogP) is 36.1. The molecule has 22 aromatic carbocycles. The number of carboxylic acids is 2. The van der Waals surface area contributed by atoms with Gasteiger partial charge in [-0.15, -0.1) is 0 Å². The third-order valence-electron chi connectivity index (χ3n) is 26.6. The Morgan fingerprint density at radius 1 is 0.109 bits per heavy atom. The van der Waals surface area contributed by atoms with Gasteiger partial charge in [0.15, 0.2) is 0 Å². The quantitative estimate of drug-likeness (QED) is 0.0669. The van der Waals surface area contributed by atoms with E-state index in [1.807, 2.05) is 12.1 Å². The van der Waals surface area contributed by atoms with Crippen molar-refractivity contribution in [3.05, 3.63) is 545 Å². The number of carbonyl (C=O) groups is 2. The summed E-state index contributed by atoms with van der Waals surface area (Å²) in [7, 11) is 0. The molecule has 0 aromatic heterocycles. The van der Waals surface area contributed by atoms with Crippen LogP contribution in [0.2, 0.25) is 0 Å². The minimum atomic E-state index is -1.06. The smallest absolute Gasteiger partial charge is 0.335 e. The van der Waals surface area contributed by atoms with Gasteiger partial charge in [-0.2, -0.15) is 0 Å². The van der Waals surface area contributed by atoms with Crippen molar-refractivity contribution in [1.82, 2.24) is 0 Å². The van der Waals surface area contributed by atoms with Crippen molar-refractivity contribution in [2.24, 2.45) is 0 Å². The summed E-state index contributed by atoms with van der Waals surface area (Å²) in [5.41, 5.74) is 42.8. The molecule has 4 heteroatoms. The predicted molar refractivity (Wildman–Crippen MR) is 575 cm³/mol. The number of hydrogen-bond donors (Lipinski definition) is 2. The molecule has 22 aromatic rings. The van der Waals surface area contributed by atoms with Crippen LogP contribution in [0.25, 0.3) is 234 Å². The second kappa shape index (κ2) is 38.2. The average molecular weight is 1760 g/mol. The first kappa shape index (κ1) is 85.3. The molecule has 0 aliphatic carbocycles. The SMILES string of the molecule is O=C(O)c1cccc(-c2ccc(-c3cc(-c4ccc(-c5ccccc5)cc4-c4cccc(-c5c(-c6ccccc6)c(-c6ccccc6)c(-c6ccccc6)c(-c6ccccc6)c5-c5ccccc5)c4)cc(-c4ccc(-c5ccccc5)cc4-c4cccc(-c5c(-c6ccccc6)c(-c6ccccc6)c(-c6ccccc6)c(-c6ccccc6)c5-c5ccccc5)c4)c3)c(-c3cccc(C(=O)O)c3)c2)c1. The van der Waals surface area contributed by atoms with Gasteiger partial charge < -0.3 is 10.2 Å². The van der Waals surface area contributed by atoms with E-state index in [0.717, 1.165) is 223 Å². The van der Waals surface area contributed by atoms with E-state index in [-0.39, 0.29) is 11.1 Å². The minimum absolute atomic E-state index is 0.125. The first-order chi connectivity index (χ1) is 68.2. The number of carboxylic acid groups (broad SMARTS) is 2. The summed E-state index contributed by atoms with van der Waals surface area (Å²) in [6.07, 6.45) is 0. The fourth-order valence-electron chi connectivity index (χ4n) is 20.3. The molecule has 2 N–H and O–H groups in total. The molecule has 138 heavy (non-hydrogen) atoms. The molecule has 0 amide bonds. The van der Waals surface area contributed by atoms with Crippen LogP contribution >= 0.6 is 0 Å². The maximum atomic E-state index is 13.4. The second-order valence-corrected chi connectivity index (χ2v) is 34.9. The number of rotatable bonds is 23. The molecule has 0 fully saturated rings. The van der Waals surface area contributed by atoms with Crippen LogP contribution in [-0.4, -0.2) is 22.2 Å². The van der Waals surface area contributed by atoms with E-state index < -0.39 is 11.9 Å². The Bertz CT molecular complexity index is 7650. The molecule has 0 atom stereocenters. The Kier molecular flexibility index (Phi) is 23.6. The molecule has 22 rings (SSSR count). The van der Waals surface area contributed by atoms with Crippen molar-refractivity contribution in [2.45, 2.75) is 0 Å². The van der Waals surface area contributed by atoms with Crippen LogP contribution in [-0.2, 0) is 0 Å². The molecular formula is C134H90O4. The lowest BCUT2D eigenvalue weighted by Gasteiger charge is -2.29. The zero-order chi connectivity index (χ0) is 92.8. The normalized spacial score (nSPS) is 11.2. The highest BCUT2D eigenvalue weighted by atomic mass is 16.4. The summed E-state index contributed by atoms with van der Waals surface area (Å²) < 4.78 is 0. The summed E-state index contributed by atoms with van der Waals surface area (Å²) in [6.45, 7) is 0. The zero-order valence-electron chi connectivity index (χ0n) is 75.5. The van der Waals surface area contributed by atoms with Crippen LogP contribution in [0.5, 0.6) is 0 Å². The molecule has 0 unspecified atom stereocenters. The van der Waals surface area contributed by atoms with Crippen molar-refractivity contribution in [3.63, 3.8) is 0 Å². The molecule has 0 saturated heterocycles. The topological polar surface area (TPSA) is 74.6 Å². The first-order valence-electron chi connectivity index (χ1n) is 46.8. The standard InChI is InChI=1S/C134H90O4/c135-133(136)110-71-37-65-101(79-110)104-75-78-117(120(88-104)107-68-40-72-111(82-107)134(137)138)114-84-112(115-76-73-102(89-41-13-1-14-42-89)86-118(115)105-66-38-69-108(80-105)131-127(97-57-29-9-30-58-97)123(93-49-21-5-22-50-93)121(91-45-17-3-18-46-91)124(94-51-23-6-24-52-94)128(131)98-59-31-10-32-60-98)83-113(85-114)116-77-74-103(90-43-15-2-16-44-90)87-119(116)106-67-39-70-109(81-106)132-129(99-61-33-11-34-62-99)125(95-53-25-7-26-54-95)122(92-47-19-4-20-48-92)126(96-55-27-8-28-56-96)130(132)100-63-35-12-36-64-100/h1-88H,(H,135,136)(H,137,138). The van der Waals surface area contributed by atoms with Gasteiger partial charge in [0.25, 0.3) is 0 Å². The van der Waals surface area contributed by atoms with Gasteiger partial charge in [-0.05, 0) is 306 Å². The highest BCUT2D eigenvalue weighted by molar-refractivity contribution is 6.18. The Labute approximate surface area is 804 Å². The Balaban J connectivity index is 0.845. The maximum absolute atomic E-state index is 13.4. The largest absolute Gasteiger partial charge is 0.478 e. The van der Waals surface area contributed by atoms with Crippen molar-refractivity contribution >= 4 is 11.9 Å². The lowest BCUT2D eigenvalue weighted by Crippen LogP contribution is -2.02. The molecule has 0 aliphatic heterocycles. The molecule has 650 valence electrons. The third kappa shape index (κ3) is 16.8. The summed E-state index contributed by atoms with van der Waals surface area (Å²) >= 11 is 0. The van der Waals surface area contributed by atoms with Gasteiger partial charge in [0.1, 0.15) is 0 Å². The van der Waals surface area contributed by atoms with Gasteiger partial charge in [-0.3, -0.25) is 0 Å². The molecule has 0 spiro atoms. The fourth-order valence-corrected chi connectivity index (χ4v) is 20.3. The van der Waals surface area contributed by atoms with Crippen LogP contribution in [0.3, 0.4) is 0 Å². The fraction of sp³-hybridized carbons (Fsp3) is 0. The van der Waals surface area contributed by atoms with E-state index in [1.54, 1.807) is 36.4 Å². The van der Waals surface area contributed by atoms with E-state index in [4.69, 9.17) is 0 Å². The molecule has 0 saturated carbocycles. The lowest BCUT2D eigenvalue weighted by molar-refractivity contribution is 0.0686. The molecular weight excluding hydrogens is 1670 g/mol. The Morgan fingerprint density at radius 3 is 0.486 bits per heavy atom. The van der Waals surface area contributed by atoms with Crippen LogP contribution in [0.1, 0.15) is 20.7 Å². The molecule has 0 aliphatic rings. The van der Waals surface area contributed by atoms with Crippen LogP contribution in [0.15, 0.2) is 534 Å². The van der Waals surface area contributed by atoms with Gasteiger partial charge >= 0.3 is 11.9 Å². The first-order valence-corrected chi connectivity index (χ1v) is 46.8. The summed E-state index contributed by atoms with van der Waals surface area (Å²) in [5, 5.41) is 21.4. The summed E-state index contributed by atoms with van der Waals surface area (Å²) in [5.74, 6) is -2.10. The van der Waals surface area contributed by atoms with Gasteiger partial charge in [-0.1, -0.05) is 461 Å². The van der Waals surface area contributed by atoms with E-state index in [2.05, 4.69) is 485 Å². The van der Waals surface area contributed by atoms with Crippen LogP contribution < -0.4 is 0 Å². The van der Waals surface area contributed by atoms with Crippen molar-refractivity contribution < 1.29 is 19.8 Å². The second-order valence-electron chi connectivity index (χ2n) is 34.9. The molecule has 0 heterocycles. The van der Waals surface area contributed by atoms with Crippen molar-refractivity contribution in [1.29, 1.82) is 0 Å². The monoisotopic (exact) mass is 1760 g/mol. The van der Waals surface area contributed by atoms with E-state index in [0.29, 0.717) is 11.1 Å². The van der Waals surface area contributed by atoms with Crippen LogP contribution in [0, 0.1) is 0 Å². The highest BCUT2D eigenvalue weighted by Crippen LogP contribution is 2.60. The Morgan fingerprint density at radius 2 is 0.261 bits per heavy atom. The maximum Gasteiger partial charge on any atom is 0.335 e. The molecule has 0 bridgehead atoms. The van der Waals surface area contributed by atoms with Gasteiger partial charge in [0.2, 0.25) is 0 Å². The molecule has 0 radical (unpaired) electrons. The zero-order valence-corrected chi connectivity index (χ0v) is 75.5. The summed E-state index contributed by atoms with van der Waals surface area (Å²) in [4.78, 5) is 26.2. The van der Waals surface area contributed by atoms with Gasteiger partial charge in [-0.25, -0.2) is 9.59 Å². The van der Waals surface area contributed by atoms with Gasteiger partial charge in [0, 0.05) is 0 Å². The van der Waals surface area contributed by atoms with E-state index in [9.17, 15) is 19.8 Å². The number of aromatic carboxylic acids is 2. The third-order valence-corrected chi connectivity index (χ3v) is 26.6. The van der Waals surface area contributed by atoms with Gasteiger partial charge in [0.05, 0.1) is 11.1 Å². The minimum Gasteiger partial charge on any atom is -0.478 e. The molecule has 4 nitrogen and oxygen atoms in total. The number of benzene rings is 22. The highest BCUT2D eigenvalue weighted by Gasteiger charge is 2.33. The number of hydrogen-bond acceptors (Lipinski definition) is 2. The average Bonchev–Trinajstić information content (AvgIpc) is 0.715. The van der Waals surface area contributed by atoms with Crippen LogP contribution in [0.4, 0.5) is 0 Å². The summed E-state index contributed by atoms with van der Waals surface area (Å²) in [6, 6.07) is 190. The lowest BCUT2D eigenvalue weighted by atomic mass is 9.74. The van der Waals surface area contributed by atoms with E-state index in [1.165, 1.54) is 0 Å². The van der Waals surface area contributed by atoms with Crippen molar-refractivity contribution in [3.8, 4) is 234 Å². The van der Waals surface area contributed by atoms with E-state index >= 15 is 0 Å². The van der Waals surface area contributed by atoms with Crippen molar-refractivity contribution in [2.75, 3.05) is 0 Å².